The lowest BCUT2D eigenvalue weighted by atomic mass is 10.0. The summed E-state index contributed by atoms with van der Waals surface area (Å²) < 4.78 is 0. The summed E-state index contributed by atoms with van der Waals surface area (Å²) >= 11 is 0. The zero-order valence-corrected chi connectivity index (χ0v) is 11.6. The molecule has 0 bridgehead atoms. The molecule has 0 aliphatic carbocycles. The molecule has 0 N–H and O–H groups in total. The number of carbonyl (C=O) groups is 1. The van der Waals surface area contributed by atoms with E-state index in [9.17, 15) is 4.79 Å². The van der Waals surface area contributed by atoms with Crippen LogP contribution in [-0.2, 0) is 0 Å². The first-order valence-electron chi connectivity index (χ1n) is 6.49. The molecule has 0 spiro atoms. The van der Waals surface area contributed by atoms with Gasteiger partial charge < -0.3 is 4.90 Å². The molecule has 2 aromatic rings. The average Bonchev–Trinajstić information content (AvgIpc) is 2.46. The first kappa shape index (κ1) is 13.3. The van der Waals surface area contributed by atoms with Gasteiger partial charge in [-0.15, -0.1) is 0 Å². The van der Waals surface area contributed by atoms with E-state index in [2.05, 4.69) is 0 Å². The minimum atomic E-state index is 0.0632. The maximum atomic E-state index is 12.5. The molecule has 0 unspecified atom stereocenters. The lowest BCUT2D eigenvalue weighted by molar-refractivity contribution is 0.0742. The van der Waals surface area contributed by atoms with Crippen molar-refractivity contribution in [3.8, 4) is 0 Å². The van der Waals surface area contributed by atoms with Gasteiger partial charge in [0, 0.05) is 12.6 Å². The normalized spacial score (nSPS) is 11.9. The van der Waals surface area contributed by atoms with Crippen molar-refractivity contribution in [2.45, 2.75) is 19.9 Å². The van der Waals surface area contributed by atoms with Crippen molar-refractivity contribution in [2.75, 3.05) is 7.05 Å². The number of hydrogen-bond donors (Lipinski definition) is 0. The molecule has 0 aliphatic rings. The van der Waals surface area contributed by atoms with Gasteiger partial charge in [-0.3, -0.25) is 4.79 Å². The lowest BCUT2D eigenvalue weighted by Crippen LogP contribution is -2.30. The number of aryl methyl sites for hydroxylation is 1. The van der Waals surface area contributed by atoms with E-state index in [1.54, 1.807) is 4.90 Å². The molecule has 0 aliphatic heterocycles. The lowest BCUT2D eigenvalue weighted by Gasteiger charge is -2.26. The fourth-order valence-electron chi connectivity index (χ4n) is 2.13. The highest BCUT2D eigenvalue weighted by molar-refractivity contribution is 5.95. The zero-order chi connectivity index (χ0) is 13.8. The summed E-state index contributed by atoms with van der Waals surface area (Å²) in [7, 11) is 1.85. The van der Waals surface area contributed by atoms with Gasteiger partial charge >= 0.3 is 0 Å². The Morgan fingerprint density at radius 2 is 1.58 bits per heavy atom. The van der Waals surface area contributed by atoms with Crippen molar-refractivity contribution >= 4 is 5.91 Å². The molecular formula is C17H19NO. The van der Waals surface area contributed by atoms with Gasteiger partial charge in [0.1, 0.15) is 0 Å². The van der Waals surface area contributed by atoms with E-state index in [1.165, 1.54) is 0 Å². The van der Waals surface area contributed by atoms with Gasteiger partial charge in [-0.2, -0.15) is 0 Å². The molecule has 0 aromatic heterocycles. The summed E-state index contributed by atoms with van der Waals surface area (Å²) in [5.41, 5.74) is 2.93. The molecule has 1 atom stereocenters. The summed E-state index contributed by atoms with van der Waals surface area (Å²) in [5, 5.41) is 0. The Hall–Kier alpha value is -2.09. The van der Waals surface area contributed by atoms with Crippen molar-refractivity contribution in [3.05, 3.63) is 71.3 Å². The van der Waals surface area contributed by atoms with Gasteiger partial charge in [-0.25, -0.2) is 0 Å². The maximum absolute atomic E-state index is 12.5. The first-order valence-corrected chi connectivity index (χ1v) is 6.49. The van der Waals surface area contributed by atoms with Crippen LogP contribution in [0.3, 0.4) is 0 Å². The standard InChI is InChI=1S/C17H19NO/c1-13-9-7-8-12-16(13)17(19)18(3)14(2)15-10-5-4-6-11-15/h4-12,14H,1-3H3/t14-/m1/s1. The van der Waals surface area contributed by atoms with E-state index in [4.69, 9.17) is 0 Å². The molecule has 0 fully saturated rings. The summed E-state index contributed by atoms with van der Waals surface area (Å²) in [6.45, 7) is 4.01. The SMILES string of the molecule is Cc1ccccc1C(=O)N(C)[C@H](C)c1ccccc1. The van der Waals surface area contributed by atoms with E-state index < -0.39 is 0 Å². The van der Waals surface area contributed by atoms with Crippen LogP contribution >= 0.6 is 0 Å². The van der Waals surface area contributed by atoms with E-state index in [0.29, 0.717) is 0 Å². The highest BCUT2D eigenvalue weighted by Crippen LogP contribution is 2.21. The number of amides is 1. The maximum Gasteiger partial charge on any atom is 0.254 e. The van der Waals surface area contributed by atoms with Crippen LogP contribution < -0.4 is 0 Å². The van der Waals surface area contributed by atoms with Crippen molar-refractivity contribution in [2.24, 2.45) is 0 Å². The van der Waals surface area contributed by atoms with Crippen LogP contribution in [0, 0.1) is 6.92 Å². The van der Waals surface area contributed by atoms with Gasteiger partial charge in [0.15, 0.2) is 0 Å². The van der Waals surface area contributed by atoms with Gasteiger partial charge in [0.25, 0.3) is 5.91 Å². The summed E-state index contributed by atoms with van der Waals surface area (Å²) in [6.07, 6.45) is 0. The Kier molecular flexibility index (Phi) is 4.00. The third-order valence-electron chi connectivity index (χ3n) is 3.56. The largest absolute Gasteiger partial charge is 0.335 e. The summed E-state index contributed by atoms with van der Waals surface area (Å²) in [6, 6.07) is 17.8. The Morgan fingerprint density at radius 3 is 2.21 bits per heavy atom. The van der Waals surface area contributed by atoms with Crippen molar-refractivity contribution in [1.29, 1.82) is 0 Å². The van der Waals surface area contributed by atoms with Gasteiger partial charge in [0.2, 0.25) is 0 Å². The Balaban J connectivity index is 2.23. The molecule has 2 aromatic carbocycles. The molecule has 2 heteroatoms. The van der Waals surface area contributed by atoms with Gasteiger partial charge in [-0.1, -0.05) is 48.5 Å². The van der Waals surface area contributed by atoms with Crippen LogP contribution in [0.1, 0.15) is 34.5 Å². The molecule has 98 valence electrons. The van der Waals surface area contributed by atoms with Crippen LogP contribution in [-0.4, -0.2) is 17.9 Å². The van der Waals surface area contributed by atoms with Gasteiger partial charge in [-0.05, 0) is 31.0 Å². The Morgan fingerprint density at radius 1 is 1.00 bits per heavy atom. The predicted molar refractivity (Wildman–Crippen MR) is 78.1 cm³/mol. The average molecular weight is 253 g/mol. The molecule has 0 saturated heterocycles. The fourth-order valence-corrected chi connectivity index (χ4v) is 2.13. The number of rotatable bonds is 3. The monoisotopic (exact) mass is 253 g/mol. The molecule has 0 radical (unpaired) electrons. The third kappa shape index (κ3) is 2.84. The van der Waals surface area contributed by atoms with E-state index in [-0.39, 0.29) is 11.9 Å². The minimum Gasteiger partial charge on any atom is -0.335 e. The Bertz CT molecular complexity index is 562. The van der Waals surface area contributed by atoms with Crippen LogP contribution in [0.15, 0.2) is 54.6 Å². The van der Waals surface area contributed by atoms with Gasteiger partial charge in [0.05, 0.1) is 6.04 Å². The molecule has 2 nitrogen and oxygen atoms in total. The number of carbonyl (C=O) groups excluding carboxylic acids is 1. The Labute approximate surface area is 114 Å². The second kappa shape index (κ2) is 5.70. The molecule has 2 rings (SSSR count). The fraction of sp³-hybridized carbons (Fsp3) is 0.235. The number of hydrogen-bond acceptors (Lipinski definition) is 1. The molecule has 0 heterocycles. The van der Waals surface area contributed by atoms with Crippen LogP contribution in [0.25, 0.3) is 0 Å². The molecular weight excluding hydrogens is 234 g/mol. The van der Waals surface area contributed by atoms with Crippen molar-refractivity contribution in [3.63, 3.8) is 0 Å². The van der Waals surface area contributed by atoms with Crippen LogP contribution in [0.4, 0.5) is 0 Å². The smallest absolute Gasteiger partial charge is 0.254 e. The highest BCUT2D eigenvalue weighted by Gasteiger charge is 2.19. The number of nitrogens with zero attached hydrogens (tertiary/aromatic N) is 1. The zero-order valence-electron chi connectivity index (χ0n) is 11.6. The third-order valence-corrected chi connectivity index (χ3v) is 3.56. The number of benzene rings is 2. The van der Waals surface area contributed by atoms with E-state index in [1.807, 2.05) is 75.5 Å². The van der Waals surface area contributed by atoms with Crippen molar-refractivity contribution < 1.29 is 4.79 Å². The highest BCUT2D eigenvalue weighted by atomic mass is 16.2. The second-order valence-corrected chi connectivity index (χ2v) is 4.82. The molecule has 19 heavy (non-hydrogen) atoms. The minimum absolute atomic E-state index is 0.0632. The van der Waals surface area contributed by atoms with Crippen LogP contribution in [0.2, 0.25) is 0 Å². The first-order chi connectivity index (χ1) is 9.11. The molecule has 1 amide bonds. The van der Waals surface area contributed by atoms with Crippen LogP contribution in [0.5, 0.6) is 0 Å². The topological polar surface area (TPSA) is 20.3 Å². The van der Waals surface area contributed by atoms with E-state index >= 15 is 0 Å². The summed E-state index contributed by atoms with van der Waals surface area (Å²) in [5.74, 6) is 0.0643. The molecule has 0 saturated carbocycles. The van der Waals surface area contributed by atoms with Crippen molar-refractivity contribution in [1.82, 2.24) is 4.90 Å². The quantitative estimate of drug-likeness (QED) is 0.814. The second-order valence-electron chi connectivity index (χ2n) is 4.82. The summed E-state index contributed by atoms with van der Waals surface area (Å²) in [4.78, 5) is 14.3. The van der Waals surface area contributed by atoms with E-state index in [0.717, 1.165) is 16.7 Å². The predicted octanol–water partition coefficient (Wildman–Crippen LogP) is 3.83.